The Hall–Kier alpha value is -2.88. The molecule has 1 aliphatic carbocycles. The third kappa shape index (κ3) is 5.84. The Morgan fingerprint density at radius 2 is 1.68 bits per heavy atom. The minimum absolute atomic E-state index is 0.0353. The zero-order valence-corrected chi connectivity index (χ0v) is 18.8. The van der Waals surface area contributed by atoms with Crippen molar-refractivity contribution in [2.75, 3.05) is 6.54 Å². The summed E-state index contributed by atoms with van der Waals surface area (Å²) in [4.78, 5) is 13.4. The molecule has 5 heteroatoms. The molecule has 1 aliphatic rings. The van der Waals surface area contributed by atoms with E-state index in [0.29, 0.717) is 0 Å². The predicted molar refractivity (Wildman–Crippen MR) is 125 cm³/mol. The second kappa shape index (κ2) is 10.4. The minimum Gasteiger partial charge on any atom is -0.273 e. The molecule has 1 fully saturated rings. The van der Waals surface area contributed by atoms with Gasteiger partial charge < -0.3 is 0 Å². The van der Waals surface area contributed by atoms with E-state index >= 15 is 0 Å². The van der Waals surface area contributed by atoms with E-state index in [1.807, 2.05) is 37.3 Å². The van der Waals surface area contributed by atoms with Gasteiger partial charge in [0, 0.05) is 5.57 Å². The van der Waals surface area contributed by atoms with E-state index in [2.05, 4.69) is 12.3 Å². The van der Waals surface area contributed by atoms with E-state index < -0.39 is 15.9 Å². The van der Waals surface area contributed by atoms with Gasteiger partial charge in [-0.2, -0.15) is 0 Å². The van der Waals surface area contributed by atoms with Gasteiger partial charge in [-0.1, -0.05) is 60.5 Å². The highest BCUT2D eigenvalue weighted by molar-refractivity contribution is 7.89. The van der Waals surface area contributed by atoms with E-state index in [9.17, 15) is 13.2 Å². The van der Waals surface area contributed by atoms with E-state index in [-0.39, 0.29) is 17.9 Å². The molecule has 0 unspecified atom stereocenters. The largest absolute Gasteiger partial charge is 0.273 e. The van der Waals surface area contributed by atoms with E-state index in [1.54, 1.807) is 12.1 Å². The number of carbonyl (C=O) groups is 1. The van der Waals surface area contributed by atoms with Crippen LogP contribution in [0.5, 0.6) is 0 Å². The van der Waals surface area contributed by atoms with Crippen LogP contribution in [0.15, 0.2) is 83.5 Å². The van der Waals surface area contributed by atoms with Crippen molar-refractivity contribution in [2.24, 2.45) is 0 Å². The number of sulfonamides is 1. The van der Waals surface area contributed by atoms with Crippen LogP contribution in [-0.2, 0) is 14.8 Å². The summed E-state index contributed by atoms with van der Waals surface area (Å²) in [5, 5.41) is 0. The van der Waals surface area contributed by atoms with Crippen molar-refractivity contribution in [1.82, 2.24) is 4.31 Å². The van der Waals surface area contributed by atoms with Crippen LogP contribution >= 0.6 is 0 Å². The summed E-state index contributed by atoms with van der Waals surface area (Å²) in [6.45, 7) is 5.46. The number of carbonyl (C=O) groups excluding carboxylic acids is 1. The fraction of sp³-hybridized carbons (Fsp3) is 0.308. The fourth-order valence-electron chi connectivity index (χ4n) is 3.70. The molecule has 31 heavy (non-hydrogen) atoms. The summed E-state index contributed by atoms with van der Waals surface area (Å²) in [5.41, 5.74) is 7.24. The fourth-order valence-corrected chi connectivity index (χ4v) is 5.07. The molecular formula is C26H29NO3S. The quantitative estimate of drug-likeness (QED) is 0.416. The molecule has 0 aliphatic heterocycles. The lowest BCUT2D eigenvalue weighted by molar-refractivity contribution is -0.125. The average molecular weight is 436 g/mol. The van der Waals surface area contributed by atoms with Gasteiger partial charge in [0.2, 0.25) is 5.91 Å². The van der Waals surface area contributed by atoms with Crippen LogP contribution in [0.25, 0.3) is 5.57 Å². The highest BCUT2D eigenvalue weighted by Crippen LogP contribution is 2.27. The van der Waals surface area contributed by atoms with Crippen LogP contribution in [0.3, 0.4) is 0 Å². The molecule has 1 saturated carbocycles. The molecule has 0 atom stereocenters. The second-order valence-corrected chi connectivity index (χ2v) is 9.70. The van der Waals surface area contributed by atoms with Gasteiger partial charge in [0.25, 0.3) is 10.0 Å². The number of rotatable bonds is 7. The average Bonchev–Trinajstić information content (AvgIpc) is 2.78. The highest BCUT2D eigenvalue weighted by Gasteiger charge is 2.29. The standard InChI is InChI=1S/C26H29NO3S/c1-3-18-27(31(29,30)25-16-14-21(2)15-17-25)26(28)20-24(23-12-8-5-9-13-23)19-22-10-6-4-7-11-22/h3,5,8-9,12-17H,1,4,6-7,10-11,18,20H2,2H3. The number of hydrogen-bond donors (Lipinski definition) is 0. The SMILES string of the molecule is C=CCN(C(=O)CC(=C=C1CCCCC1)c1ccccc1)S(=O)(=O)c1ccc(C)cc1. The number of amides is 1. The number of aryl methyl sites for hydroxylation is 1. The maximum absolute atomic E-state index is 13.3. The van der Waals surface area contributed by atoms with Gasteiger partial charge in [0.05, 0.1) is 17.9 Å². The predicted octanol–water partition coefficient (Wildman–Crippen LogP) is 5.66. The smallest absolute Gasteiger partial charge is 0.266 e. The Balaban J connectivity index is 1.97. The first-order valence-corrected chi connectivity index (χ1v) is 12.1. The lowest BCUT2D eigenvalue weighted by atomic mass is 9.93. The van der Waals surface area contributed by atoms with Gasteiger partial charge in [-0.25, -0.2) is 12.7 Å². The monoisotopic (exact) mass is 435 g/mol. The first-order valence-electron chi connectivity index (χ1n) is 10.7. The lowest BCUT2D eigenvalue weighted by Gasteiger charge is -2.22. The summed E-state index contributed by atoms with van der Waals surface area (Å²) in [7, 11) is -3.98. The third-order valence-electron chi connectivity index (χ3n) is 5.42. The number of benzene rings is 2. The van der Waals surface area contributed by atoms with Crippen LogP contribution in [0, 0.1) is 6.92 Å². The van der Waals surface area contributed by atoms with Crippen molar-refractivity contribution >= 4 is 21.5 Å². The highest BCUT2D eigenvalue weighted by atomic mass is 32.2. The molecule has 0 heterocycles. The Labute approximate surface area is 185 Å². The topological polar surface area (TPSA) is 54.5 Å². The van der Waals surface area contributed by atoms with Crippen LogP contribution in [0.1, 0.15) is 49.7 Å². The van der Waals surface area contributed by atoms with Crippen molar-refractivity contribution in [3.05, 3.63) is 89.7 Å². The molecule has 4 nitrogen and oxygen atoms in total. The minimum atomic E-state index is -3.98. The number of nitrogens with zero attached hydrogens (tertiary/aromatic N) is 1. The van der Waals surface area contributed by atoms with Crippen LogP contribution < -0.4 is 0 Å². The molecule has 2 aromatic rings. The van der Waals surface area contributed by atoms with Gasteiger partial charge in [-0.15, -0.1) is 12.3 Å². The second-order valence-electron chi connectivity index (χ2n) is 7.84. The summed E-state index contributed by atoms with van der Waals surface area (Å²) < 4.78 is 27.3. The normalized spacial score (nSPS) is 13.9. The van der Waals surface area contributed by atoms with Crippen LogP contribution in [0.2, 0.25) is 0 Å². The molecule has 0 aromatic heterocycles. The Kier molecular flexibility index (Phi) is 7.67. The number of hydrogen-bond acceptors (Lipinski definition) is 3. The molecule has 0 saturated heterocycles. The summed E-state index contributed by atoms with van der Waals surface area (Å²) in [5.74, 6) is -0.483. The summed E-state index contributed by atoms with van der Waals surface area (Å²) >= 11 is 0. The van der Waals surface area contributed by atoms with E-state index in [1.165, 1.54) is 30.2 Å². The molecule has 2 aromatic carbocycles. The van der Waals surface area contributed by atoms with Gasteiger partial charge >= 0.3 is 0 Å². The Morgan fingerprint density at radius 3 is 2.29 bits per heavy atom. The molecule has 0 radical (unpaired) electrons. The first kappa shape index (κ1) is 22.8. The lowest BCUT2D eigenvalue weighted by Crippen LogP contribution is -2.37. The van der Waals surface area contributed by atoms with Crippen molar-refractivity contribution in [3.63, 3.8) is 0 Å². The van der Waals surface area contributed by atoms with Crippen molar-refractivity contribution < 1.29 is 13.2 Å². The van der Waals surface area contributed by atoms with Crippen molar-refractivity contribution in [2.45, 2.75) is 50.3 Å². The maximum atomic E-state index is 13.3. The van der Waals surface area contributed by atoms with Crippen molar-refractivity contribution in [1.29, 1.82) is 0 Å². The van der Waals surface area contributed by atoms with Gasteiger partial charge in [-0.05, 0) is 55.9 Å². The zero-order chi connectivity index (χ0) is 22.3. The zero-order valence-electron chi connectivity index (χ0n) is 18.0. The first-order chi connectivity index (χ1) is 14.9. The van der Waals surface area contributed by atoms with Gasteiger partial charge in [-0.3, -0.25) is 4.79 Å². The molecule has 1 amide bonds. The Bertz CT molecular complexity index is 1090. The molecule has 3 rings (SSSR count). The van der Waals surface area contributed by atoms with Crippen LogP contribution in [0.4, 0.5) is 0 Å². The van der Waals surface area contributed by atoms with Crippen LogP contribution in [-0.4, -0.2) is 25.2 Å². The maximum Gasteiger partial charge on any atom is 0.266 e. The Morgan fingerprint density at radius 1 is 1.03 bits per heavy atom. The summed E-state index contributed by atoms with van der Waals surface area (Å²) in [6.07, 6.45) is 6.82. The third-order valence-corrected chi connectivity index (χ3v) is 7.22. The van der Waals surface area contributed by atoms with E-state index in [0.717, 1.165) is 46.7 Å². The molecule has 0 N–H and O–H groups in total. The van der Waals surface area contributed by atoms with Crippen molar-refractivity contribution in [3.8, 4) is 0 Å². The molecule has 162 valence electrons. The van der Waals surface area contributed by atoms with E-state index in [4.69, 9.17) is 0 Å². The molecule has 0 bridgehead atoms. The molecule has 0 spiro atoms. The van der Waals surface area contributed by atoms with Gasteiger partial charge in [0.15, 0.2) is 0 Å². The summed E-state index contributed by atoms with van der Waals surface area (Å²) in [6, 6.07) is 16.1. The molecular weight excluding hydrogens is 406 g/mol. The van der Waals surface area contributed by atoms with Gasteiger partial charge in [0.1, 0.15) is 0 Å².